The maximum Gasteiger partial charge on any atom is 0.293 e. The van der Waals surface area contributed by atoms with Gasteiger partial charge in [-0.05, 0) is 32.4 Å². The minimum Gasteiger partial charge on any atom is -0.364 e. The Hall–Kier alpha value is -1.91. The Labute approximate surface area is 107 Å². The van der Waals surface area contributed by atoms with Crippen LogP contribution in [0.25, 0.3) is 0 Å². The molecule has 0 unspecified atom stereocenters. The van der Waals surface area contributed by atoms with Gasteiger partial charge in [-0.2, -0.15) is 0 Å². The Morgan fingerprint density at radius 1 is 1.44 bits per heavy atom. The smallest absolute Gasteiger partial charge is 0.293 e. The van der Waals surface area contributed by atoms with Crippen LogP contribution in [-0.4, -0.2) is 23.8 Å². The van der Waals surface area contributed by atoms with E-state index >= 15 is 0 Å². The van der Waals surface area contributed by atoms with E-state index in [-0.39, 0.29) is 11.7 Å². The predicted molar refractivity (Wildman–Crippen MR) is 71.3 cm³/mol. The highest BCUT2D eigenvalue weighted by molar-refractivity contribution is 5.79. The molecule has 0 radical (unpaired) electrons. The molecule has 0 saturated carbocycles. The Kier molecular flexibility index (Phi) is 4.83. The molecule has 0 bridgehead atoms. The lowest BCUT2D eigenvalue weighted by molar-refractivity contribution is -0.384. The molecule has 18 heavy (non-hydrogen) atoms. The van der Waals surface area contributed by atoms with E-state index in [0.717, 1.165) is 13.0 Å². The summed E-state index contributed by atoms with van der Waals surface area (Å²) in [6.07, 6.45) is 1.53. The second-order valence-electron chi connectivity index (χ2n) is 4.41. The summed E-state index contributed by atoms with van der Waals surface area (Å²) in [5.74, 6) is 0. The standard InChI is InChI=1S/C13H18N2O3/c1-4-7-14(10(2)3)12-6-5-11(9-16)8-13(12)15(17)18/h5-6,8-10H,4,7H2,1-3H3. The van der Waals surface area contributed by atoms with E-state index in [1.54, 1.807) is 12.1 Å². The van der Waals surface area contributed by atoms with Crippen LogP contribution in [0.3, 0.4) is 0 Å². The van der Waals surface area contributed by atoms with Gasteiger partial charge in [-0.25, -0.2) is 0 Å². The fraction of sp³-hybridized carbons (Fsp3) is 0.462. The van der Waals surface area contributed by atoms with Crippen molar-refractivity contribution in [1.29, 1.82) is 0 Å². The molecule has 0 aliphatic rings. The summed E-state index contributed by atoms with van der Waals surface area (Å²) >= 11 is 0. The molecule has 0 spiro atoms. The lowest BCUT2D eigenvalue weighted by atomic mass is 10.1. The first-order chi connectivity index (χ1) is 8.51. The zero-order chi connectivity index (χ0) is 13.7. The fourth-order valence-electron chi connectivity index (χ4n) is 1.90. The number of hydrogen-bond donors (Lipinski definition) is 0. The molecule has 0 amide bonds. The van der Waals surface area contributed by atoms with Gasteiger partial charge in [0.15, 0.2) is 0 Å². The molecule has 1 aromatic rings. The van der Waals surface area contributed by atoms with Crippen LogP contribution in [0, 0.1) is 10.1 Å². The molecule has 0 aliphatic heterocycles. The molecule has 1 rings (SSSR count). The third kappa shape index (κ3) is 3.06. The molecule has 0 fully saturated rings. The van der Waals surface area contributed by atoms with Gasteiger partial charge in [0.2, 0.25) is 0 Å². The molecular formula is C13H18N2O3. The Morgan fingerprint density at radius 3 is 2.56 bits per heavy atom. The molecule has 0 aliphatic carbocycles. The summed E-state index contributed by atoms with van der Waals surface area (Å²) in [6, 6.07) is 4.76. The Balaban J connectivity index is 3.28. The number of anilines is 1. The van der Waals surface area contributed by atoms with Crippen molar-refractivity contribution in [1.82, 2.24) is 0 Å². The second kappa shape index (κ2) is 6.14. The third-order valence-corrected chi connectivity index (χ3v) is 2.73. The number of nitro benzene ring substituents is 1. The van der Waals surface area contributed by atoms with Crippen molar-refractivity contribution in [2.45, 2.75) is 33.2 Å². The van der Waals surface area contributed by atoms with Crippen molar-refractivity contribution < 1.29 is 9.72 Å². The number of carbonyl (C=O) groups is 1. The topological polar surface area (TPSA) is 63.5 Å². The van der Waals surface area contributed by atoms with E-state index in [0.29, 0.717) is 17.5 Å². The van der Waals surface area contributed by atoms with Crippen LogP contribution in [-0.2, 0) is 0 Å². The number of hydrogen-bond acceptors (Lipinski definition) is 4. The van der Waals surface area contributed by atoms with Crippen LogP contribution in [0.4, 0.5) is 11.4 Å². The normalized spacial score (nSPS) is 10.4. The lowest BCUT2D eigenvalue weighted by Gasteiger charge is -2.28. The van der Waals surface area contributed by atoms with Gasteiger partial charge in [0.1, 0.15) is 12.0 Å². The van der Waals surface area contributed by atoms with E-state index in [2.05, 4.69) is 0 Å². The van der Waals surface area contributed by atoms with Crippen LogP contribution in [0.2, 0.25) is 0 Å². The third-order valence-electron chi connectivity index (χ3n) is 2.73. The van der Waals surface area contributed by atoms with Crippen LogP contribution in [0.1, 0.15) is 37.6 Å². The molecule has 5 nitrogen and oxygen atoms in total. The summed E-state index contributed by atoms with van der Waals surface area (Å²) in [4.78, 5) is 23.3. The van der Waals surface area contributed by atoms with E-state index < -0.39 is 4.92 Å². The average molecular weight is 250 g/mol. The Bertz CT molecular complexity index is 444. The zero-order valence-electron chi connectivity index (χ0n) is 10.9. The average Bonchev–Trinajstić information content (AvgIpc) is 2.34. The minimum atomic E-state index is -0.437. The van der Waals surface area contributed by atoms with Crippen molar-refractivity contribution >= 4 is 17.7 Å². The van der Waals surface area contributed by atoms with Gasteiger partial charge in [-0.1, -0.05) is 6.92 Å². The van der Waals surface area contributed by atoms with Gasteiger partial charge in [-0.3, -0.25) is 14.9 Å². The van der Waals surface area contributed by atoms with Crippen molar-refractivity contribution in [3.8, 4) is 0 Å². The molecule has 0 aromatic heterocycles. The van der Waals surface area contributed by atoms with E-state index in [9.17, 15) is 14.9 Å². The highest BCUT2D eigenvalue weighted by Gasteiger charge is 2.21. The van der Waals surface area contributed by atoms with Gasteiger partial charge in [0.25, 0.3) is 5.69 Å². The first-order valence-corrected chi connectivity index (χ1v) is 6.01. The molecule has 0 saturated heterocycles. The van der Waals surface area contributed by atoms with E-state index in [4.69, 9.17) is 0 Å². The monoisotopic (exact) mass is 250 g/mol. The van der Waals surface area contributed by atoms with Crippen LogP contribution >= 0.6 is 0 Å². The van der Waals surface area contributed by atoms with Gasteiger partial charge in [0, 0.05) is 24.2 Å². The zero-order valence-corrected chi connectivity index (χ0v) is 10.9. The number of carbonyl (C=O) groups excluding carboxylic acids is 1. The summed E-state index contributed by atoms with van der Waals surface area (Å²) in [5, 5.41) is 11.1. The van der Waals surface area contributed by atoms with Crippen LogP contribution in [0.5, 0.6) is 0 Å². The van der Waals surface area contributed by atoms with Crippen molar-refractivity contribution in [2.75, 3.05) is 11.4 Å². The molecule has 5 heteroatoms. The van der Waals surface area contributed by atoms with Gasteiger partial charge >= 0.3 is 0 Å². The van der Waals surface area contributed by atoms with Gasteiger partial charge in [-0.15, -0.1) is 0 Å². The first-order valence-electron chi connectivity index (χ1n) is 6.01. The summed E-state index contributed by atoms with van der Waals surface area (Å²) in [6.45, 7) is 6.76. The largest absolute Gasteiger partial charge is 0.364 e. The molecule has 98 valence electrons. The SMILES string of the molecule is CCCN(c1ccc(C=O)cc1[N+](=O)[O-])C(C)C. The van der Waals surface area contributed by atoms with Crippen molar-refractivity contribution in [3.05, 3.63) is 33.9 Å². The quantitative estimate of drug-likeness (QED) is 0.442. The van der Waals surface area contributed by atoms with Crippen LogP contribution < -0.4 is 4.90 Å². The highest BCUT2D eigenvalue weighted by Crippen LogP contribution is 2.30. The Morgan fingerprint density at radius 2 is 2.11 bits per heavy atom. The molecule has 0 atom stereocenters. The highest BCUT2D eigenvalue weighted by atomic mass is 16.6. The van der Waals surface area contributed by atoms with Crippen molar-refractivity contribution in [3.63, 3.8) is 0 Å². The van der Waals surface area contributed by atoms with E-state index in [1.165, 1.54) is 6.07 Å². The van der Waals surface area contributed by atoms with Gasteiger partial charge in [0.05, 0.1) is 4.92 Å². The molecular weight excluding hydrogens is 232 g/mol. The summed E-state index contributed by atoms with van der Waals surface area (Å²) in [5.41, 5.74) is 0.884. The predicted octanol–water partition coefficient (Wildman–Crippen LogP) is 3.03. The summed E-state index contributed by atoms with van der Waals surface area (Å²) < 4.78 is 0. The van der Waals surface area contributed by atoms with Gasteiger partial charge < -0.3 is 4.90 Å². The number of nitro groups is 1. The molecule has 1 aromatic carbocycles. The van der Waals surface area contributed by atoms with E-state index in [1.807, 2.05) is 25.7 Å². The molecule has 0 N–H and O–H groups in total. The number of benzene rings is 1. The number of nitrogens with zero attached hydrogens (tertiary/aromatic N) is 2. The maximum atomic E-state index is 11.1. The van der Waals surface area contributed by atoms with Crippen molar-refractivity contribution in [2.24, 2.45) is 0 Å². The minimum absolute atomic E-state index is 0.0123. The lowest BCUT2D eigenvalue weighted by Crippen LogP contribution is -2.32. The van der Waals surface area contributed by atoms with Crippen LogP contribution in [0.15, 0.2) is 18.2 Å². The second-order valence-corrected chi connectivity index (χ2v) is 4.41. The number of rotatable bonds is 6. The maximum absolute atomic E-state index is 11.1. The molecule has 0 heterocycles. The first kappa shape index (κ1) is 14.2. The summed E-state index contributed by atoms with van der Waals surface area (Å²) in [7, 11) is 0. The fourth-order valence-corrected chi connectivity index (χ4v) is 1.90. The number of aldehydes is 1.